The number of hydrogen-bond acceptors (Lipinski definition) is 5. The van der Waals surface area contributed by atoms with Crippen LogP contribution in [-0.2, 0) is 11.2 Å². The van der Waals surface area contributed by atoms with E-state index in [-0.39, 0.29) is 18.2 Å². The Hall–Kier alpha value is -2.91. The second kappa shape index (κ2) is 8.22. The number of fused-ring (bicyclic) bond motifs is 1. The summed E-state index contributed by atoms with van der Waals surface area (Å²) >= 11 is 1.56. The molecule has 2 aromatic carbocycles. The second-order valence-corrected chi connectivity index (χ2v) is 8.06. The van der Waals surface area contributed by atoms with Gasteiger partial charge < -0.3 is 9.64 Å². The molecule has 0 spiro atoms. The van der Waals surface area contributed by atoms with Crippen LogP contribution in [0.15, 0.2) is 59.1 Å². The fourth-order valence-electron chi connectivity index (χ4n) is 3.89. The van der Waals surface area contributed by atoms with Gasteiger partial charge in [0.2, 0.25) is 5.91 Å². The van der Waals surface area contributed by atoms with Gasteiger partial charge in [0.1, 0.15) is 5.75 Å². The summed E-state index contributed by atoms with van der Waals surface area (Å²) in [7, 11) is 1.62. The van der Waals surface area contributed by atoms with Gasteiger partial charge >= 0.3 is 0 Å². The van der Waals surface area contributed by atoms with Crippen molar-refractivity contribution in [3.63, 3.8) is 0 Å². The Kier molecular flexibility index (Phi) is 5.50. The van der Waals surface area contributed by atoms with E-state index < -0.39 is 0 Å². The van der Waals surface area contributed by atoms with E-state index in [4.69, 9.17) is 4.74 Å². The molecule has 0 radical (unpaired) electrons. The van der Waals surface area contributed by atoms with Crippen LogP contribution >= 0.6 is 11.8 Å². The second-order valence-electron chi connectivity index (χ2n) is 7.13. The Bertz CT molecular complexity index is 994. The van der Waals surface area contributed by atoms with Crippen LogP contribution in [0.2, 0.25) is 0 Å². The number of methoxy groups -OCH3 is 1. The largest absolute Gasteiger partial charge is 0.496 e. The molecule has 0 aliphatic carbocycles. The number of carbonyl (C=O) groups excluding carboxylic acids is 1. The third-order valence-electron chi connectivity index (χ3n) is 5.52. The molecular formula is C23H23N3O2S. The number of anilines is 1. The molecule has 5 nitrogen and oxygen atoms in total. The molecule has 0 bridgehead atoms. The summed E-state index contributed by atoms with van der Waals surface area (Å²) in [5.74, 6) is 1.19. The quantitative estimate of drug-likeness (QED) is 0.751. The van der Waals surface area contributed by atoms with Crippen molar-refractivity contribution in [3.8, 4) is 11.8 Å². The molecule has 148 valence electrons. The number of nitriles is 1. The van der Waals surface area contributed by atoms with Gasteiger partial charge in [-0.25, -0.2) is 0 Å². The van der Waals surface area contributed by atoms with E-state index in [2.05, 4.69) is 42.2 Å². The molecule has 1 saturated heterocycles. The predicted molar refractivity (Wildman–Crippen MR) is 115 cm³/mol. The highest BCUT2D eigenvalue weighted by molar-refractivity contribution is 8.03. The summed E-state index contributed by atoms with van der Waals surface area (Å²) in [6, 6.07) is 18.5. The molecule has 6 heteroatoms. The lowest BCUT2D eigenvalue weighted by Gasteiger charge is -2.42. The number of benzene rings is 2. The lowest BCUT2D eigenvalue weighted by molar-refractivity contribution is -0.129. The number of amides is 1. The molecule has 4 rings (SSSR count). The number of carbonyl (C=O) groups is 1. The van der Waals surface area contributed by atoms with Crippen LogP contribution in [0.4, 0.5) is 5.69 Å². The number of aryl methyl sites for hydroxylation is 1. The van der Waals surface area contributed by atoms with Crippen LogP contribution in [0, 0.1) is 11.3 Å². The summed E-state index contributed by atoms with van der Waals surface area (Å²) in [4.78, 5) is 17.0. The van der Waals surface area contributed by atoms with Gasteiger partial charge in [-0.05, 0) is 30.2 Å². The maximum atomic E-state index is 13.1. The number of ether oxygens (including phenoxy) is 1. The Balaban J connectivity index is 1.65. The first kappa shape index (κ1) is 19.4. The average Bonchev–Trinajstić information content (AvgIpc) is 2.78. The van der Waals surface area contributed by atoms with Crippen molar-refractivity contribution in [2.45, 2.75) is 25.7 Å². The number of hydrogen-bond donors (Lipinski definition) is 0. The standard InChI is InChI=1S/C23H23N3O2S/c1-3-16-8-10-17(11-9-16)25-14-26-22(27)12-19(20(13-24)23(26)29-15-25)18-6-4-5-7-21(18)28-2/h4-11,19H,3,12,14-15H2,1-2H3. The molecule has 2 heterocycles. The minimum absolute atomic E-state index is 0.0392. The van der Waals surface area contributed by atoms with Crippen LogP contribution in [0.1, 0.15) is 30.4 Å². The molecule has 0 N–H and O–H groups in total. The molecule has 1 unspecified atom stereocenters. The monoisotopic (exact) mass is 405 g/mol. The normalized spacial score (nSPS) is 19.1. The summed E-state index contributed by atoms with van der Waals surface area (Å²) in [5, 5.41) is 10.7. The highest BCUT2D eigenvalue weighted by Gasteiger charge is 2.39. The van der Waals surface area contributed by atoms with Crippen molar-refractivity contribution in [3.05, 3.63) is 70.3 Å². The number of thioether (sulfide) groups is 1. The van der Waals surface area contributed by atoms with E-state index in [1.165, 1.54) is 5.56 Å². The van der Waals surface area contributed by atoms with Crippen molar-refractivity contribution in [2.24, 2.45) is 0 Å². The highest BCUT2D eigenvalue weighted by atomic mass is 32.2. The Labute approximate surface area is 175 Å². The number of para-hydroxylation sites is 1. The smallest absolute Gasteiger partial charge is 0.229 e. The van der Waals surface area contributed by atoms with E-state index in [1.54, 1.807) is 23.8 Å². The topological polar surface area (TPSA) is 56.6 Å². The molecule has 2 aromatic rings. The third-order valence-corrected chi connectivity index (χ3v) is 6.67. The van der Waals surface area contributed by atoms with Gasteiger partial charge in [0.15, 0.2) is 0 Å². The molecule has 1 amide bonds. The molecule has 0 saturated carbocycles. The van der Waals surface area contributed by atoms with Crippen molar-refractivity contribution in [1.29, 1.82) is 5.26 Å². The highest BCUT2D eigenvalue weighted by Crippen LogP contribution is 2.45. The fraction of sp³-hybridized carbons (Fsp3) is 0.304. The molecule has 1 fully saturated rings. The van der Waals surface area contributed by atoms with Gasteiger partial charge in [0, 0.05) is 23.6 Å². The van der Waals surface area contributed by atoms with Crippen molar-refractivity contribution in [2.75, 3.05) is 24.6 Å². The van der Waals surface area contributed by atoms with Crippen molar-refractivity contribution < 1.29 is 9.53 Å². The summed E-state index contributed by atoms with van der Waals surface area (Å²) in [6.45, 7) is 2.60. The number of nitrogens with zero attached hydrogens (tertiary/aromatic N) is 3. The fourth-order valence-corrected chi connectivity index (χ4v) is 5.06. The molecule has 2 aliphatic rings. The van der Waals surface area contributed by atoms with E-state index >= 15 is 0 Å². The minimum atomic E-state index is -0.266. The van der Waals surface area contributed by atoms with Gasteiger partial charge in [-0.2, -0.15) is 5.26 Å². The zero-order valence-electron chi connectivity index (χ0n) is 16.6. The van der Waals surface area contributed by atoms with Crippen LogP contribution in [0.25, 0.3) is 0 Å². The zero-order chi connectivity index (χ0) is 20.4. The molecule has 0 aromatic heterocycles. The zero-order valence-corrected chi connectivity index (χ0v) is 17.4. The lowest BCUT2D eigenvalue weighted by atomic mass is 9.86. The molecular weight excluding hydrogens is 382 g/mol. The molecule has 1 atom stereocenters. The first-order chi connectivity index (χ1) is 14.2. The summed E-state index contributed by atoms with van der Waals surface area (Å²) < 4.78 is 5.48. The first-order valence-electron chi connectivity index (χ1n) is 9.70. The van der Waals surface area contributed by atoms with Crippen LogP contribution < -0.4 is 9.64 Å². The maximum absolute atomic E-state index is 13.1. The van der Waals surface area contributed by atoms with Crippen molar-refractivity contribution >= 4 is 23.4 Å². The number of rotatable bonds is 4. The van der Waals surface area contributed by atoms with Crippen molar-refractivity contribution in [1.82, 2.24) is 4.90 Å². The predicted octanol–water partition coefficient (Wildman–Crippen LogP) is 4.48. The van der Waals surface area contributed by atoms with Crippen LogP contribution in [0.5, 0.6) is 5.75 Å². The summed E-state index contributed by atoms with van der Waals surface area (Å²) in [5.41, 5.74) is 3.93. The third kappa shape index (κ3) is 3.58. The van der Waals surface area contributed by atoms with Crippen LogP contribution in [-0.4, -0.2) is 30.5 Å². The van der Waals surface area contributed by atoms with E-state index in [9.17, 15) is 10.1 Å². The van der Waals surface area contributed by atoms with E-state index in [0.29, 0.717) is 23.9 Å². The maximum Gasteiger partial charge on any atom is 0.229 e. The van der Waals surface area contributed by atoms with E-state index in [1.807, 2.05) is 24.3 Å². The van der Waals surface area contributed by atoms with Gasteiger partial charge in [-0.1, -0.05) is 49.0 Å². The number of allylic oxidation sites excluding steroid dienone is 1. The SMILES string of the molecule is CCc1ccc(N2CSC3=C(C#N)C(c4ccccc4OC)CC(=O)N3C2)cc1. The average molecular weight is 406 g/mol. The van der Waals surface area contributed by atoms with Crippen LogP contribution in [0.3, 0.4) is 0 Å². The molecule has 2 aliphatic heterocycles. The van der Waals surface area contributed by atoms with Gasteiger partial charge in [0.25, 0.3) is 0 Å². The van der Waals surface area contributed by atoms with E-state index in [0.717, 1.165) is 22.7 Å². The Morgan fingerprint density at radius 3 is 2.66 bits per heavy atom. The summed E-state index contributed by atoms with van der Waals surface area (Å²) in [6.07, 6.45) is 1.28. The first-order valence-corrected chi connectivity index (χ1v) is 10.7. The minimum Gasteiger partial charge on any atom is -0.496 e. The van der Waals surface area contributed by atoms with Gasteiger partial charge in [-0.15, -0.1) is 0 Å². The van der Waals surface area contributed by atoms with Gasteiger partial charge in [0.05, 0.1) is 36.3 Å². The Morgan fingerprint density at radius 1 is 1.21 bits per heavy atom. The van der Waals surface area contributed by atoms with Gasteiger partial charge in [-0.3, -0.25) is 9.69 Å². The Morgan fingerprint density at radius 2 is 1.97 bits per heavy atom. The molecule has 29 heavy (non-hydrogen) atoms. The lowest BCUT2D eigenvalue weighted by Crippen LogP contribution is -2.47.